The van der Waals surface area contributed by atoms with Gasteiger partial charge in [-0.2, -0.15) is 0 Å². The Morgan fingerprint density at radius 3 is 2.90 bits per heavy atom. The summed E-state index contributed by atoms with van der Waals surface area (Å²) in [5.74, 6) is 0. The lowest BCUT2D eigenvalue weighted by atomic mass is 10.4. The molecule has 0 aromatic carbocycles. The van der Waals surface area contributed by atoms with E-state index in [0.29, 0.717) is 0 Å². The van der Waals surface area contributed by atoms with Crippen molar-refractivity contribution in [1.29, 1.82) is 0 Å². The highest BCUT2D eigenvalue weighted by Gasteiger charge is 1.98. The van der Waals surface area contributed by atoms with Crippen molar-refractivity contribution in [1.82, 2.24) is 4.98 Å². The fraction of sp³-hybridized carbons (Fsp3) is 0. The zero-order chi connectivity index (χ0) is 6.81. The Morgan fingerprint density at radius 2 is 2.30 bits per heavy atom. The van der Waals surface area contributed by atoms with Crippen LogP contribution in [0.3, 0.4) is 0 Å². The monoisotopic (exact) mass is 165 g/mol. The molecule has 2 aromatic rings. The van der Waals surface area contributed by atoms with E-state index in [1.54, 1.807) is 11.3 Å². The fourth-order valence-corrected chi connectivity index (χ4v) is 1.95. The second-order valence-electron chi connectivity index (χ2n) is 1.73. The predicted octanol–water partition coefficient (Wildman–Crippen LogP) is 2.47. The highest BCUT2D eigenvalue weighted by molar-refractivity contribution is 7.19. The van der Waals surface area contributed by atoms with Crippen LogP contribution in [-0.4, -0.2) is 4.98 Å². The molecule has 10 heavy (non-hydrogen) atoms. The van der Waals surface area contributed by atoms with Gasteiger partial charge in [0.05, 0.1) is 4.88 Å². The molecule has 2 aromatic heterocycles. The van der Waals surface area contributed by atoms with Crippen molar-refractivity contribution in [2.24, 2.45) is 0 Å². The molecule has 2 radical (unpaired) electrons. The van der Waals surface area contributed by atoms with Gasteiger partial charge in [0.2, 0.25) is 0 Å². The maximum atomic E-state index is 3.86. The van der Waals surface area contributed by atoms with E-state index in [9.17, 15) is 0 Å². The molecule has 0 fully saturated rings. The number of thiophene rings is 1. The third kappa shape index (κ3) is 0.978. The lowest BCUT2D eigenvalue weighted by Crippen LogP contribution is -1.57. The Hall–Kier alpha value is -0.670. The average molecular weight is 165 g/mol. The predicted molar refractivity (Wildman–Crippen MR) is 43.1 cm³/mol. The normalized spacial score (nSPS) is 10.0. The Bertz CT molecular complexity index is 251. The van der Waals surface area contributed by atoms with Gasteiger partial charge in [-0.15, -0.1) is 22.7 Å². The molecule has 0 spiro atoms. The largest absolute Gasteiger partial charge is 0.241 e. The molecule has 0 bridgehead atoms. The van der Waals surface area contributed by atoms with Crippen molar-refractivity contribution in [3.05, 3.63) is 29.2 Å². The van der Waals surface area contributed by atoms with Gasteiger partial charge in [0.15, 0.2) is 5.51 Å². The van der Waals surface area contributed by atoms with Crippen molar-refractivity contribution in [3.8, 4) is 9.75 Å². The minimum atomic E-state index is 1.17. The number of hydrogen-bond donors (Lipinski definition) is 0. The minimum absolute atomic E-state index is 1.17. The molecule has 0 saturated heterocycles. The highest BCUT2D eigenvalue weighted by Crippen LogP contribution is 2.26. The number of thiazole rings is 1. The van der Waals surface area contributed by atoms with Gasteiger partial charge in [0.1, 0.15) is 0 Å². The molecule has 0 amide bonds. The third-order valence-corrected chi connectivity index (χ3v) is 2.81. The van der Waals surface area contributed by atoms with Gasteiger partial charge in [-0.1, -0.05) is 0 Å². The van der Waals surface area contributed by atoms with Crippen LogP contribution in [0.25, 0.3) is 9.75 Å². The van der Waals surface area contributed by atoms with Crippen LogP contribution < -0.4 is 0 Å². The molecular weight excluding hydrogens is 162 g/mol. The summed E-state index contributed by atoms with van der Waals surface area (Å²) in [5.41, 5.74) is 2.80. The number of aromatic nitrogens is 1. The summed E-state index contributed by atoms with van der Waals surface area (Å²) in [6.07, 6.45) is 1.82. The smallest absolute Gasteiger partial charge is 0.152 e. The van der Waals surface area contributed by atoms with Crippen molar-refractivity contribution in [2.45, 2.75) is 0 Å². The highest BCUT2D eigenvalue weighted by atomic mass is 32.1. The number of rotatable bonds is 1. The second-order valence-corrected chi connectivity index (χ2v) is 3.44. The van der Waals surface area contributed by atoms with E-state index in [0.717, 1.165) is 0 Å². The van der Waals surface area contributed by atoms with Gasteiger partial charge >= 0.3 is 0 Å². The molecule has 1 nitrogen and oxygen atoms in total. The SMILES string of the molecule is [c]1ccc(-c2cn[c]s2)s1. The quantitative estimate of drug-likeness (QED) is 0.632. The molecule has 0 aliphatic heterocycles. The standard InChI is InChI=1S/C7H3NS2/c1-2-6(9-3-1)7-4-8-5-10-7/h1-2,4H. The summed E-state index contributed by atoms with van der Waals surface area (Å²) < 4.78 is 0. The van der Waals surface area contributed by atoms with Crippen LogP contribution in [0.1, 0.15) is 0 Å². The van der Waals surface area contributed by atoms with E-state index in [1.807, 2.05) is 18.3 Å². The maximum absolute atomic E-state index is 3.86. The van der Waals surface area contributed by atoms with Crippen LogP contribution in [-0.2, 0) is 0 Å². The minimum Gasteiger partial charge on any atom is -0.241 e. The van der Waals surface area contributed by atoms with Gasteiger partial charge in [0.25, 0.3) is 0 Å². The fourth-order valence-electron chi connectivity index (χ4n) is 0.674. The molecular formula is C7H3NS2. The number of nitrogens with zero attached hydrogens (tertiary/aromatic N) is 1. The van der Waals surface area contributed by atoms with Crippen molar-refractivity contribution in [3.63, 3.8) is 0 Å². The molecule has 0 atom stereocenters. The molecule has 0 saturated carbocycles. The van der Waals surface area contributed by atoms with Gasteiger partial charge in [-0.05, 0) is 12.1 Å². The van der Waals surface area contributed by atoms with Crippen molar-refractivity contribution in [2.75, 3.05) is 0 Å². The molecule has 3 heteroatoms. The van der Waals surface area contributed by atoms with E-state index < -0.39 is 0 Å². The van der Waals surface area contributed by atoms with Crippen LogP contribution in [0.15, 0.2) is 18.3 Å². The Kier molecular flexibility index (Phi) is 1.53. The molecule has 2 rings (SSSR count). The summed E-state index contributed by atoms with van der Waals surface area (Å²) in [7, 11) is 0. The molecule has 48 valence electrons. The van der Waals surface area contributed by atoms with Gasteiger partial charge in [-0.25, -0.2) is 4.98 Å². The lowest BCUT2D eigenvalue weighted by molar-refractivity contribution is 1.41. The summed E-state index contributed by atoms with van der Waals surface area (Å²) in [6, 6.07) is 3.95. The first-order valence-corrected chi connectivity index (χ1v) is 4.38. The first-order valence-electron chi connectivity index (χ1n) is 2.75. The van der Waals surface area contributed by atoms with Gasteiger partial charge in [0, 0.05) is 16.5 Å². The zero-order valence-corrected chi connectivity index (χ0v) is 6.63. The third-order valence-electron chi connectivity index (χ3n) is 1.10. The molecule has 0 aliphatic rings. The first-order chi connectivity index (χ1) is 4.97. The van der Waals surface area contributed by atoms with Crippen LogP contribution in [0.2, 0.25) is 0 Å². The average Bonchev–Trinajstić information content (AvgIpc) is 2.59. The van der Waals surface area contributed by atoms with Crippen LogP contribution in [0, 0.1) is 10.9 Å². The number of hydrogen-bond acceptors (Lipinski definition) is 3. The van der Waals surface area contributed by atoms with E-state index >= 15 is 0 Å². The van der Waals surface area contributed by atoms with E-state index in [1.165, 1.54) is 21.1 Å². The molecule has 2 heterocycles. The molecule has 0 N–H and O–H groups in total. The van der Waals surface area contributed by atoms with Gasteiger partial charge < -0.3 is 0 Å². The molecule has 0 aliphatic carbocycles. The Labute approximate surface area is 67.0 Å². The Balaban J connectivity index is 2.48. The van der Waals surface area contributed by atoms with Crippen molar-refractivity contribution >= 4 is 22.7 Å². The van der Waals surface area contributed by atoms with Gasteiger partial charge in [-0.3, -0.25) is 0 Å². The van der Waals surface area contributed by atoms with E-state index in [4.69, 9.17) is 0 Å². The van der Waals surface area contributed by atoms with Crippen LogP contribution in [0.5, 0.6) is 0 Å². The van der Waals surface area contributed by atoms with E-state index in [-0.39, 0.29) is 0 Å². The second kappa shape index (κ2) is 2.52. The lowest BCUT2D eigenvalue weighted by Gasteiger charge is -1.83. The summed E-state index contributed by atoms with van der Waals surface area (Å²) in [4.78, 5) is 6.26. The van der Waals surface area contributed by atoms with E-state index in [2.05, 4.69) is 15.9 Å². The van der Waals surface area contributed by atoms with Crippen molar-refractivity contribution < 1.29 is 0 Å². The topological polar surface area (TPSA) is 12.9 Å². The maximum Gasteiger partial charge on any atom is 0.152 e. The first kappa shape index (κ1) is 6.07. The van der Waals surface area contributed by atoms with Crippen LogP contribution in [0.4, 0.5) is 0 Å². The summed E-state index contributed by atoms with van der Waals surface area (Å²) in [6.45, 7) is 0. The zero-order valence-electron chi connectivity index (χ0n) is 5.00. The molecule has 0 unspecified atom stereocenters. The Morgan fingerprint density at radius 1 is 1.30 bits per heavy atom. The summed E-state index contributed by atoms with van der Waals surface area (Å²) in [5, 5.41) is 3.02. The van der Waals surface area contributed by atoms with Crippen LogP contribution >= 0.6 is 22.7 Å². The summed E-state index contributed by atoms with van der Waals surface area (Å²) >= 11 is 3.14.